The van der Waals surface area contributed by atoms with Crippen LogP contribution in [-0.4, -0.2) is 34.0 Å². The van der Waals surface area contributed by atoms with E-state index in [1.54, 1.807) is 11.8 Å². The second-order valence-corrected chi connectivity index (χ2v) is 3.30. The van der Waals surface area contributed by atoms with Crippen LogP contribution in [0.15, 0.2) is 12.3 Å². The van der Waals surface area contributed by atoms with Crippen molar-refractivity contribution >= 4 is 5.91 Å². The minimum absolute atomic E-state index is 0.0242. The molecule has 0 atom stereocenters. The molecular weight excluding hydrogens is 192 g/mol. The van der Waals surface area contributed by atoms with Gasteiger partial charge in [0.25, 0.3) is 5.91 Å². The van der Waals surface area contributed by atoms with Gasteiger partial charge in [0.05, 0.1) is 17.5 Å². The molecule has 0 bridgehead atoms. The topological polar surface area (TPSA) is 53.4 Å². The lowest BCUT2D eigenvalue weighted by molar-refractivity contribution is 0.0771. The van der Waals surface area contributed by atoms with Crippen molar-refractivity contribution < 1.29 is 9.90 Å². The molecule has 1 rings (SSSR count). The highest BCUT2D eigenvalue weighted by atomic mass is 16.3. The molecule has 0 saturated carbocycles. The summed E-state index contributed by atoms with van der Waals surface area (Å²) >= 11 is 0. The van der Waals surface area contributed by atoms with Crippen LogP contribution in [0.2, 0.25) is 0 Å². The summed E-state index contributed by atoms with van der Waals surface area (Å²) in [5.41, 5.74) is 1.11. The predicted octanol–water partition coefficient (Wildman–Crippen LogP) is 1.58. The highest BCUT2D eigenvalue weighted by molar-refractivity contribution is 5.95. The maximum atomic E-state index is 12.0. The molecule has 0 spiro atoms. The number of amides is 1. The van der Waals surface area contributed by atoms with Gasteiger partial charge in [0.1, 0.15) is 5.75 Å². The summed E-state index contributed by atoms with van der Waals surface area (Å²) in [6, 6.07) is 1.46. The summed E-state index contributed by atoms with van der Waals surface area (Å²) in [6.07, 6.45) is 1.34. The lowest BCUT2D eigenvalue weighted by atomic mass is 10.1. The zero-order chi connectivity index (χ0) is 11.4. The first-order chi connectivity index (χ1) is 7.10. The van der Waals surface area contributed by atoms with Gasteiger partial charge in [-0.15, -0.1) is 0 Å². The fourth-order valence-electron chi connectivity index (χ4n) is 1.42. The molecule has 1 aromatic rings. The highest BCUT2D eigenvalue weighted by Gasteiger charge is 2.15. The molecule has 1 amide bonds. The monoisotopic (exact) mass is 208 g/mol. The molecule has 0 fully saturated rings. The number of aromatic hydroxyl groups is 1. The summed E-state index contributed by atoms with van der Waals surface area (Å²) in [5, 5.41) is 9.28. The molecule has 0 aliphatic rings. The van der Waals surface area contributed by atoms with Crippen molar-refractivity contribution in [1.29, 1.82) is 0 Å². The number of carbonyl (C=O) groups excluding carboxylic acids is 1. The molecule has 0 aliphatic carbocycles. The van der Waals surface area contributed by atoms with E-state index in [0.717, 1.165) is 0 Å². The number of nitrogens with zero attached hydrogens (tertiary/aromatic N) is 2. The van der Waals surface area contributed by atoms with Crippen LogP contribution >= 0.6 is 0 Å². The van der Waals surface area contributed by atoms with Crippen molar-refractivity contribution in [3.8, 4) is 5.75 Å². The molecule has 0 aromatic carbocycles. The molecule has 82 valence electrons. The van der Waals surface area contributed by atoms with E-state index in [1.165, 1.54) is 12.3 Å². The van der Waals surface area contributed by atoms with Gasteiger partial charge >= 0.3 is 0 Å². The number of hydrogen-bond acceptors (Lipinski definition) is 3. The Bertz CT molecular complexity index is 360. The Balaban J connectivity index is 3.04. The van der Waals surface area contributed by atoms with E-state index in [4.69, 9.17) is 0 Å². The van der Waals surface area contributed by atoms with Gasteiger partial charge in [-0.05, 0) is 26.8 Å². The van der Waals surface area contributed by atoms with E-state index in [0.29, 0.717) is 24.3 Å². The Hall–Kier alpha value is -1.58. The van der Waals surface area contributed by atoms with Crippen LogP contribution < -0.4 is 0 Å². The van der Waals surface area contributed by atoms with Crippen molar-refractivity contribution in [2.45, 2.75) is 20.8 Å². The number of rotatable bonds is 3. The van der Waals surface area contributed by atoms with Crippen LogP contribution in [0.3, 0.4) is 0 Å². The van der Waals surface area contributed by atoms with E-state index in [1.807, 2.05) is 13.8 Å². The lowest BCUT2D eigenvalue weighted by Gasteiger charge is -2.19. The van der Waals surface area contributed by atoms with Crippen molar-refractivity contribution in [2.24, 2.45) is 0 Å². The van der Waals surface area contributed by atoms with Crippen LogP contribution in [0.25, 0.3) is 0 Å². The molecule has 1 heterocycles. The average Bonchev–Trinajstić information content (AvgIpc) is 2.23. The van der Waals surface area contributed by atoms with Gasteiger partial charge in [0.15, 0.2) is 0 Å². The van der Waals surface area contributed by atoms with E-state index in [-0.39, 0.29) is 11.7 Å². The Morgan fingerprint density at radius 3 is 2.60 bits per heavy atom. The lowest BCUT2D eigenvalue weighted by Crippen LogP contribution is -2.31. The maximum Gasteiger partial charge on any atom is 0.255 e. The van der Waals surface area contributed by atoms with Crippen LogP contribution in [0.1, 0.15) is 29.9 Å². The number of aryl methyl sites for hydroxylation is 1. The maximum absolute atomic E-state index is 12.0. The van der Waals surface area contributed by atoms with Gasteiger partial charge in [0.2, 0.25) is 0 Å². The SMILES string of the molecule is CCN(CC)C(=O)c1cc(O)cnc1C. The zero-order valence-corrected chi connectivity index (χ0v) is 9.32. The fraction of sp³-hybridized carbons (Fsp3) is 0.455. The summed E-state index contributed by atoms with van der Waals surface area (Å²) in [4.78, 5) is 17.6. The van der Waals surface area contributed by atoms with Gasteiger partial charge in [0, 0.05) is 13.1 Å². The van der Waals surface area contributed by atoms with Crippen molar-refractivity contribution in [3.63, 3.8) is 0 Å². The molecule has 0 aliphatic heterocycles. The van der Waals surface area contributed by atoms with Crippen LogP contribution in [0.5, 0.6) is 5.75 Å². The molecule has 0 saturated heterocycles. The molecule has 0 radical (unpaired) electrons. The molecular formula is C11H16N2O2. The van der Waals surface area contributed by atoms with Gasteiger partial charge < -0.3 is 10.0 Å². The largest absolute Gasteiger partial charge is 0.506 e. The van der Waals surface area contributed by atoms with Gasteiger partial charge in [-0.2, -0.15) is 0 Å². The van der Waals surface area contributed by atoms with Gasteiger partial charge in [-0.25, -0.2) is 0 Å². The molecule has 4 nitrogen and oxygen atoms in total. The fourth-order valence-corrected chi connectivity index (χ4v) is 1.42. The highest BCUT2D eigenvalue weighted by Crippen LogP contribution is 2.14. The van der Waals surface area contributed by atoms with Crippen LogP contribution in [-0.2, 0) is 0 Å². The smallest absolute Gasteiger partial charge is 0.255 e. The summed E-state index contributed by atoms with van der Waals surface area (Å²) < 4.78 is 0. The Labute approximate surface area is 89.6 Å². The molecule has 15 heavy (non-hydrogen) atoms. The second-order valence-electron chi connectivity index (χ2n) is 3.30. The van der Waals surface area contributed by atoms with Gasteiger partial charge in [-0.1, -0.05) is 0 Å². The Kier molecular flexibility index (Phi) is 3.66. The summed E-state index contributed by atoms with van der Waals surface area (Å²) in [5.74, 6) is -0.0583. The number of pyridine rings is 1. The second kappa shape index (κ2) is 4.77. The van der Waals surface area contributed by atoms with Crippen LogP contribution in [0, 0.1) is 6.92 Å². The zero-order valence-electron chi connectivity index (χ0n) is 9.32. The minimum atomic E-state index is -0.0825. The van der Waals surface area contributed by atoms with Crippen molar-refractivity contribution in [3.05, 3.63) is 23.5 Å². The Morgan fingerprint density at radius 1 is 1.47 bits per heavy atom. The Morgan fingerprint density at radius 2 is 2.07 bits per heavy atom. The third-order valence-electron chi connectivity index (χ3n) is 2.35. The normalized spacial score (nSPS) is 10.1. The molecule has 1 N–H and O–H groups in total. The summed E-state index contributed by atoms with van der Waals surface area (Å²) in [6.45, 7) is 6.92. The number of hydrogen-bond donors (Lipinski definition) is 1. The van der Waals surface area contributed by atoms with Gasteiger partial charge in [-0.3, -0.25) is 9.78 Å². The summed E-state index contributed by atoms with van der Waals surface area (Å²) in [7, 11) is 0. The standard InChI is InChI=1S/C11H16N2O2/c1-4-13(5-2)11(15)10-6-9(14)7-12-8(10)3/h6-7,14H,4-5H2,1-3H3. The van der Waals surface area contributed by atoms with E-state index < -0.39 is 0 Å². The molecule has 0 unspecified atom stereocenters. The van der Waals surface area contributed by atoms with E-state index in [2.05, 4.69) is 4.98 Å². The first-order valence-corrected chi connectivity index (χ1v) is 5.05. The van der Waals surface area contributed by atoms with E-state index in [9.17, 15) is 9.90 Å². The van der Waals surface area contributed by atoms with Crippen molar-refractivity contribution in [2.75, 3.05) is 13.1 Å². The van der Waals surface area contributed by atoms with Crippen LogP contribution in [0.4, 0.5) is 0 Å². The number of aromatic nitrogens is 1. The predicted molar refractivity (Wildman–Crippen MR) is 57.9 cm³/mol. The molecule has 1 aromatic heterocycles. The van der Waals surface area contributed by atoms with Crippen molar-refractivity contribution in [1.82, 2.24) is 9.88 Å². The first kappa shape index (κ1) is 11.5. The van der Waals surface area contributed by atoms with E-state index >= 15 is 0 Å². The molecule has 4 heteroatoms. The minimum Gasteiger partial charge on any atom is -0.506 e. The third kappa shape index (κ3) is 2.46. The number of carbonyl (C=O) groups is 1. The average molecular weight is 208 g/mol. The third-order valence-corrected chi connectivity index (χ3v) is 2.35. The first-order valence-electron chi connectivity index (χ1n) is 5.05. The quantitative estimate of drug-likeness (QED) is 0.820.